The summed E-state index contributed by atoms with van der Waals surface area (Å²) < 4.78 is 22.7. The molecule has 0 saturated heterocycles. The minimum Gasteiger partial charge on any atom is -0.372 e. The van der Waals surface area contributed by atoms with E-state index in [2.05, 4.69) is 5.32 Å². The summed E-state index contributed by atoms with van der Waals surface area (Å²) >= 11 is 0. The number of sulfonamides is 1. The Balaban J connectivity index is 1.85. The second kappa shape index (κ2) is 7.93. The van der Waals surface area contributed by atoms with Crippen LogP contribution in [0.1, 0.15) is 16.7 Å². The summed E-state index contributed by atoms with van der Waals surface area (Å²) in [5.41, 5.74) is -0.293. The Morgan fingerprint density at radius 3 is 1.75 bits per heavy atom. The molecule has 4 N–H and O–H groups in total. The molecule has 0 aliphatic rings. The van der Waals surface area contributed by atoms with Crippen molar-refractivity contribution in [2.24, 2.45) is 5.14 Å². The molecule has 0 aromatic heterocycles. The molecule has 0 fully saturated rings. The predicted molar refractivity (Wildman–Crippen MR) is 106 cm³/mol. The molecule has 7 heteroatoms. The zero-order valence-corrected chi connectivity index (χ0v) is 15.8. The predicted octanol–water partition coefficient (Wildman–Crippen LogP) is 1.89. The van der Waals surface area contributed by atoms with Crippen LogP contribution in [0.2, 0.25) is 0 Å². The van der Waals surface area contributed by atoms with Crippen LogP contribution in [0, 0.1) is 0 Å². The topological polar surface area (TPSA) is 109 Å². The lowest BCUT2D eigenvalue weighted by atomic mass is 9.85. The number of carbonyl (C=O) groups is 1. The second-order valence-corrected chi connectivity index (χ2v) is 7.88. The fourth-order valence-corrected chi connectivity index (χ4v) is 3.41. The van der Waals surface area contributed by atoms with Crippen molar-refractivity contribution in [3.63, 3.8) is 0 Å². The lowest BCUT2D eigenvalue weighted by Gasteiger charge is -2.28. The summed E-state index contributed by atoms with van der Waals surface area (Å²) in [5.74, 6) is -0.583. The van der Waals surface area contributed by atoms with Crippen molar-refractivity contribution in [2.45, 2.75) is 17.0 Å². The quantitative estimate of drug-likeness (QED) is 0.591. The van der Waals surface area contributed by atoms with Gasteiger partial charge in [0.05, 0.1) is 4.90 Å². The van der Waals surface area contributed by atoms with Crippen LogP contribution >= 0.6 is 0 Å². The summed E-state index contributed by atoms with van der Waals surface area (Å²) in [6.07, 6.45) is 0. The van der Waals surface area contributed by atoms with Gasteiger partial charge in [0.25, 0.3) is 5.91 Å². The number of amides is 1. The molecule has 0 radical (unpaired) electrons. The summed E-state index contributed by atoms with van der Waals surface area (Å²) in [7, 11) is -3.77. The Bertz CT molecular complexity index is 1010. The van der Waals surface area contributed by atoms with Crippen molar-refractivity contribution in [1.82, 2.24) is 5.32 Å². The molecular formula is C21H20N2O4S. The number of hydrogen-bond acceptors (Lipinski definition) is 4. The molecule has 144 valence electrons. The highest BCUT2D eigenvalue weighted by molar-refractivity contribution is 7.89. The van der Waals surface area contributed by atoms with Crippen molar-refractivity contribution >= 4 is 15.9 Å². The molecule has 3 aromatic rings. The van der Waals surface area contributed by atoms with E-state index in [1.54, 1.807) is 72.8 Å². The van der Waals surface area contributed by atoms with Crippen LogP contribution in [0.5, 0.6) is 0 Å². The van der Waals surface area contributed by atoms with Crippen molar-refractivity contribution in [1.29, 1.82) is 0 Å². The smallest absolute Gasteiger partial charge is 0.261 e. The number of rotatable bonds is 6. The van der Waals surface area contributed by atoms with Gasteiger partial charge in [0.15, 0.2) is 5.60 Å². The highest BCUT2D eigenvalue weighted by atomic mass is 32.2. The first kappa shape index (κ1) is 19.8. The van der Waals surface area contributed by atoms with Crippen LogP contribution in [0.15, 0.2) is 89.8 Å². The van der Waals surface area contributed by atoms with Gasteiger partial charge in [-0.1, -0.05) is 72.8 Å². The van der Waals surface area contributed by atoms with E-state index in [4.69, 9.17) is 5.14 Å². The molecule has 0 heterocycles. The minimum atomic E-state index is -3.77. The van der Waals surface area contributed by atoms with Crippen molar-refractivity contribution in [3.8, 4) is 0 Å². The van der Waals surface area contributed by atoms with Gasteiger partial charge in [-0.15, -0.1) is 0 Å². The fraction of sp³-hybridized carbons (Fsp3) is 0.0952. The van der Waals surface area contributed by atoms with E-state index in [9.17, 15) is 18.3 Å². The third-order valence-corrected chi connectivity index (χ3v) is 5.35. The van der Waals surface area contributed by atoms with Gasteiger partial charge in [0.1, 0.15) is 0 Å². The van der Waals surface area contributed by atoms with Crippen LogP contribution in [0.3, 0.4) is 0 Å². The minimum absolute atomic E-state index is 0.00680. The Labute approximate surface area is 163 Å². The van der Waals surface area contributed by atoms with E-state index in [0.29, 0.717) is 16.7 Å². The second-order valence-electron chi connectivity index (χ2n) is 6.31. The van der Waals surface area contributed by atoms with Crippen molar-refractivity contribution in [3.05, 3.63) is 102 Å². The molecule has 3 rings (SSSR count). The lowest BCUT2D eigenvalue weighted by molar-refractivity contribution is -0.136. The number of primary sulfonamides is 1. The monoisotopic (exact) mass is 396 g/mol. The molecule has 0 spiro atoms. The lowest BCUT2D eigenvalue weighted by Crippen LogP contribution is -2.45. The number of carbonyl (C=O) groups excluding carboxylic acids is 1. The number of hydrogen-bond donors (Lipinski definition) is 3. The van der Waals surface area contributed by atoms with Crippen LogP contribution in [0.4, 0.5) is 0 Å². The number of benzene rings is 3. The van der Waals surface area contributed by atoms with E-state index in [1.807, 2.05) is 0 Å². The van der Waals surface area contributed by atoms with E-state index in [0.717, 1.165) is 0 Å². The van der Waals surface area contributed by atoms with Gasteiger partial charge in [0.2, 0.25) is 10.0 Å². The molecule has 28 heavy (non-hydrogen) atoms. The maximum absolute atomic E-state index is 13.0. The van der Waals surface area contributed by atoms with Crippen LogP contribution < -0.4 is 10.5 Å². The van der Waals surface area contributed by atoms with Gasteiger partial charge in [-0.3, -0.25) is 4.79 Å². The average molecular weight is 396 g/mol. The maximum atomic E-state index is 13.0. The standard InChI is InChI=1S/C21H20N2O4S/c22-28(26,27)19-13-11-16(12-14-19)15-23-20(24)21(25,17-7-3-1-4-8-17)18-9-5-2-6-10-18/h1-14,25H,15H2,(H,23,24)(H2,22,26,27). The van der Waals surface area contributed by atoms with Crippen molar-refractivity contribution in [2.75, 3.05) is 0 Å². The average Bonchev–Trinajstić information content (AvgIpc) is 2.72. The Kier molecular flexibility index (Phi) is 5.60. The molecule has 0 saturated carbocycles. The maximum Gasteiger partial charge on any atom is 0.261 e. The summed E-state index contributed by atoms with van der Waals surface area (Å²) in [6.45, 7) is 0.117. The first-order valence-corrected chi connectivity index (χ1v) is 10.1. The number of nitrogens with one attached hydrogen (secondary N) is 1. The third-order valence-electron chi connectivity index (χ3n) is 4.42. The Hall–Kier alpha value is -3.00. The third kappa shape index (κ3) is 4.12. The highest BCUT2D eigenvalue weighted by Crippen LogP contribution is 2.30. The SMILES string of the molecule is NS(=O)(=O)c1ccc(CNC(=O)C(O)(c2ccccc2)c2ccccc2)cc1. The first-order chi connectivity index (χ1) is 13.3. The van der Waals surface area contributed by atoms with Crippen LogP contribution in [-0.2, 0) is 27.0 Å². The summed E-state index contributed by atoms with van der Waals surface area (Å²) in [4.78, 5) is 13.0. The van der Waals surface area contributed by atoms with Gasteiger partial charge in [-0.25, -0.2) is 13.6 Å². The van der Waals surface area contributed by atoms with Gasteiger partial charge >= 0.3 is 0 Å². The van der Waals surface area contributed by atoms with E-state index >= 15 is 0 Å². The zero-order valence-electron chi connectivity index (χ0n) is 14.9. The van der Waals surface area contributed by atoms with Crippen molar-refractivity contribution < 1.29 is 18.3 Å². The molecule has 0 bridgehead atoms. The van der Waals surface area contributed by atoms with E-state index in [-0.39, 0.29) is 11.4 Å². The molecule has 3 aromatic carbocycles. The van der Waals surface area contributed by atoms with Gasteiger partial charge in [-0.05, 0) is 28.8 Å². The van der Waals surface area contributed by atoms with E-state index in [1.165, 1.54) is 12.1 Å². The normalized spacial score (nSPS) is 11.8. The molecule has 1 amide bonds. The van der Waals surface area contributed by atoms with Crippen LogP contribution in [-0.4, -0.2) is 19.4 Å². The van der Waals surface area contributed by atoms with Gasteiger partial charge in [0, 0.05) is 6.54 Å². The number of aliphatic hydroxyl groups is 1. The van der Waals surface area contributed by atoms with Gasteiger partial charge < -0.3 is 10.4 Å². The molecular weight excluding hydrogens is 376 g/mol. The Morgan fingerprint density at radius 1 is 0.857 bits per heavy atom. The van der Waals surface area contributed by atoms with Gasteiger partial charge in [-0.2, -0.15) is 0 Å². The number of nitrogens with two attached hydrogens (primary N) is 1. The molecule has 0 unspecified atom stereocenters. The molecule has 0 atom stereocenters. The molecule has 6 nitrogen and oxygen atoms in total. The highest BCUT2D eigenvalue weighted by Gasteiger charge is 2.39. The summed E-state index contributed by atoms with van der Waals surface area (Å²) in [6, 6.07) is 23.2. The largest absolute Gasteiger partial charge is 0.372 e. The van der Waals surface area contributed by atoms with Crippen LogP contribution in [0.25, 0.3) is 0 Å². The molecule has 0 aliphatic heterocycles. The Morgan fingerprint density at radius 2 is 1.32 bits per heavy atom. The van der Waals surface area contributed by atoms with E-state index < -0.39 is 21.5 Å². The zero-order chi connectivity index (χ0) is 20.2. The molecule has 0 aliphatic carbocycles. The first-order valence-electron chi connectivity index (χ1n) is 8.55. The fourth-order valence-electron chi connectivity index (χ4n) is 2.89. The summed E-state index contributed by atoms with van der Waals surface area (Å²) in [5, 5.41) is 19.2.